The molecule has 5 nitrogen and oxygen atoms in total. The maximum Gasteiger partial charge on any atom is 0.222 e. The van der Waals surface area contributed by atoms with Gasteiger partial charge < -0.3 is 9.88 Å². The monoisotopic (exact) mass is 379 g/mol. The molecule has 0 unspecified atom stereocenters. The lowest BCUT2D eigenvalue weighted by atomic mass is 10.1. The number of nitrogens with zero attached hydrogens (tertiary/aromatic N) is 2. The van der Waals surface area contributed by atoms with Gasteiger partial charge in [0, 0.05) is 36.1 Å². The first-order chi connectivity index (χ1) is 13.5. The predicted octanol–water partition coefficient (Wildman–Crippen LogP) is 3.91. The molecule has 1 N–H and O–H groups in total. The molecule has 0 fully saturated rings. The molecule has 0 spiro atoms. The number of Topliss-reactive ketones (excluding diaryl/α,β-unsaturated/α-hetero) is 1. The molecule has 0 aliphatic rings. The second-order valence-electron chi connectivity index (χ2n) is 6.59. The zero-order valence-electron chi connectivity index (χ0n) is 15.9. The predicted molar refractivity (Wildman–Crippen MR) is 105 cm³/mol. The van der Waals surface area contributed by atoms with Crippen LogP contribution in [0.4, 0.5) is 4.39 Å². The Hall–Kier alpha value is -3.28. The number of halogens is 1. The number of pyridine rings is 1. The number of carbonyl (C=O) groups is 2. The molecule has 2 aromatic heterocycles. The third-order valence-corrected chi connectivity index (χ3v) is 4.64. The van der Waals surface area contributed by atoms with E-state index < -0.39 is 0 Å². The molecule has 0 atom stereocenters. The Labute approximate surface area is 163 Å². The summed E-state index contributed by atoms with van der Waals surface area (Å²) in [5.41, 5.74) is 3.78. The third kappa shape index (κ3) is 4.52. The van der Waals surface area contributed by atoms with Gasteiger partial charge in [0.15, 0.2) is 5.78 Å². The number of nitrogens with one attached hydrogen (secondary N) is 1. The SMILES string of the molecule is CC(=O)c1cc(-c2ccc(F)cc2)n(CCC(=O)NCc2ccccn2)c1C. The van der Waals surface area contributed by atoms with Crippen LogP contribution in [0.3, 0.4) is 0 Å². The van der Waals surface area contributed by atoms with Crippen LogP contribution in [0.1, 0.15) is 35.1 Å². The van der Waals surface area contributed by atoms with Gasteiger partial charge in [-0.3, -0.25) is 14.6 Å². The molecule has 1 aromatic carbocycles. The van der Waals surface area contributed by atoms with E-state index in [1.807, 2.05) is 29.7 Å². The highest BCUT2D eigenvalue weighted by molar-refractivity contribution is 5.96. The van der Waals surface area contributed by atoms with E-state index in [9.17, 15) is 14.0 Å². The van der Waals surface area contributed by atoms with Gasteiger partial charge in [-0.15, -0.1) is 0 Å². The van der Waals surface area contributed by atoms with Crippen molar-refractivity contribution in [1.82, 2.24) is 14.9 Å². The Balaban J connectivity index is 1.75. The first-order valence-corrected chi connectivity index (χ1v) is 9.09. The lowest BCUT2D eigenvalue weighted by Gasteiger charge is -2.12. The van der Waals surface area contributed by atoms with Gasteiger partial charge in [0.1, 0.15) is 5.82 Å². The number of benzene rings is 1. The molecule has 2 heterocycles. The Morgan fingerprint density at radius 3 is 2.54 bits per heavy atom. The summed E-state index contributed by atoms with van der Waals surface area (Å²) in [7, 11) is 0. The number of ketones is 1. The second kappa shape index (κ2) is 8.61. The van der Waals surface area contributed by atoms with E-state index in [0.717, 1.165) is 22.6 Å². The Kier molecular flexibility index (Phi) is 5.99. The first kappa shape index (κ1) is 19.5. The molecule has 0 aliphatic carbocycles. The third-order valence-electron chi connectivity index (χ3n) is 4.64. The van der Waals surface area contributed by atoms with Gasteiger partial charge in [-0.05, 0) is 61.9 Å². The van der Waals surface area contributed by atoms with Crippen LogP contribution in [-0.2, 0) is 17.9 Å². The van der Waals surface area contributed by atoms with E-state index >= 15 is 0 Å². The molecule has 3 rings (SSSR count). The summed E-state index contributed by atoms with van der Waals surface area (Å²) in [6.45, 7) is 4.16. The molecule has 3 aromatic rings. The number of hydrogen-bond donors (Lipinski definition) is 1. The van der Waals surface area contributed by atoms with E-state index in [-0.39, 0.29) is 23.9 Å². The highest BCUT2D eigenvalue weighted by Crippen LogP contribution is 2.27. The quantitative estimate of drug-likeness (QED) is 0.633. The molecule has 28 heavy (non-hydrogen) atoms. The Morgan fingerprint density at radius 2 is 1.89 bits per heavy atom. The fourth-order valence-electron chi connectivity index (χ4n) is 3.14. The smallest absolute Gasteiger partial charge is 0.222 e. The number of aromatic nitrogens is 2. The van der Waals surface area contributed by atoms with Gasteiger partial charge in [0.2, 0.25) is 5.91 Å². The zero-order valence-corrected chi connectivity index (χ0v) is 15.9. The minimum absolute atomic E-state index is 0.0424. The highest BCUT2D eigenvalue weighted by atomic mass is 19.1. The molecule has 0 aliphatic heterocycles. The summed E-state index contributed by atoms with van der Waals surface area (Å²) >= 11 is 0. The minimum Gasteiger partial charge on any atom is -0.350 e. The molecular formula is C22H22FN3O2. The summed E-state index contributed by atoms with van der Waals surface area (Å²) < 4.78 is 15.2. The fraction of sp³-hybridized carbons (Fsp3) is 0.227. The maximum atomic E-state index is 13.3. The topological polar surface area (TPSA) is 64.0 Å². The molecule has 0 saturated heterocycles. The van der Waals surface area contributed by atoms with Crippen LogP contribution in [0, 0.1) is 12.7 Å². The van der Waals surface area contributed by atoms with Crippen molar-refractivity contribution >= 4 is 11.7 Å². The van der Waals surface area contributed by atoms with Crippen molar-refractivity contribution in [3.05, 3.63) is 77.5 Å². The van der Waals surface area contributed by atoms with Crippen molar-refractivity contribution in [2.75, 3.05) is 0 Å². The summed E-state index contributed by atoms with van der Waals surface area (Å²) in [5.74, 6) is -0.466. The highest BCUT2D eigenvalue weighted by Gasteiger charge is 2.17. The maximum absolute atomic E-state index is 13.3. The number of carbonyl (C=O) groups excluding carboxylic acids is 2. The van der Waals surface area contributed by atoms with Gasteiger partial charge in [-0.25, -0.2) is 4.39 Å². The second-order valence-corrected chi connectivity index (χ2v) is 6.59. The molecule has 6 heteroatoms. The Bertz CT molecular complexity index is 979. The van der Waals surface area contributed by atoms with Crippen LogP contribution >= 0.6 is 0 Å². The van der Waals surface area contributed by atoms with Crippen LogP contribution in [0.2, 0.25) is 0 Å². The summed E-state index contributed by atoms with van der Waals surface area (Å²) in [5, 5.41) is 2.85. The van der Waals surface area contributed by atoms with E-state index in [4.69, 9.17) is 0 Å². The lowest BCUT2D eigenvalue weighted by molar-refractivity contribution is -0.121. The van der Waals surface area contributed by atoms with Gasteiger partial charge in [-0.1, -0.05) is 6.07 Å². The van der Waals surface area contributed by atoms with Crippen molar-refractivity contribution in [3.8, 4) is 11.3 Å². The zero-order chi connectivity index (χ0) is 20.1. The molecule has 0 bridgehead atoms. The van der Waals surface area contributed by atoms with E-state index in [1.54, 1.807) is 24.4 Å². The summed E-state index contributed by atoms with van der Waals surface area (Å²) in [6.07, 6.45) is 1.94. The normalized spacial score (nSPS) is 10.7. The average Bonchev–Trinajstić information content (AvgIpc) is 3.03. The van der Waals surface area contributed by atoms with E-state index in [1.165, 1.54) is 19.1 Å². The van der Waals surface area contributed by atoms with Crippen LogP contribution in [0.15, 0.2) is 54.7 Å². The molecule has 1 amide bonds. The average molecular weight is 379 g/mol. The molecule has 0 saturated carbocycles. The van der Waals surface area contributed by atoms with Crippen LogP contribution in [-0.4, -0.2) is 21.2 Å². The van der Waals surface area contributed by atoms with Crippen molar-refractivity contribution in [2.24, 2.45) is 0 Å². The largest absolute Gasteiger partial charge is 0.350 e. The fourth-order valence-corrected chi connectivity index (χ4v) is 3.14. The van der Waals surface area contributed by atoms with Crippen molar-refractivity contribution in [2.45, 2.75) is 33.4 Å². The standard InChI is InChI=1S/C22H22FN3O2/c1-15-20(16(2)27)13-21(17-6-8-18(23)9-7-17)26(15)12-10-22(28)25-14-19-5-3-4-11-24-19/h3-9,11,13H,10,12,14H2,1-2H3,(H,25,28). The van der Waals surface area contributed by atoms with Gasteiger partial charge in [0.25, 0.3) is 0 Å². The van der Waals surface area contributed by atoms with E-state index in [0.29, 0.717) is 18.7 Å². The van der Waals surface area contributed by atoms with Crippen LogP contribution < -0.4 is 5.32 Å². The Morgan fingerprint density at radius 1 is 1.14 bits per heavy atom. The minimum atomic E-state index is -0.320. The summed E-state index contributed by atoms with van der Waals surface area (Å²) in [4.78, 5) is 28.4. The van der Waals surface area contributed by atoms with Gasteiger partial charge in [-0.2, -0.15) is 0 Å². The van der Waals surface area contributed by atoms with Gasteiger partial charge >= 0.3 is 0 Å². The molecular weight excluding hydrogens is 357 g/mol. The van der Waals surface area contributed by atoms with Crippen molar-refractivity contribution in [3.63, 3.8) is 0 Å². The number of amides is 1. The van der Waals surface area contributed by atoms with Crippen LogP contribution in [0.25, 0.3) is 11.3 Å². The number of rotatable bonds is 7. The van der Waals surface area contributed by atoms with Crippen molar-refractivity contribution in [1.29, 1.82) is 0 Å². The molecule has 144 valence electrons. The van der Waals surface area contributed by atoms with Crippen LogP contribution in [0.5, 0.6) is 0 Å². The van der Waals surface area contributed by atoms with E-state index in [2.05, 4.69) is 10.3 Å². The van der Waals surface area contributed by atoms with Crippen molar-refractivity contribution < 1.29 is 14.0 Å². The number of hydrogen-bond acceptors (Lipinski definition) is 3. The summed E-state index contributed by atoms with van der Waals surface area (Å²) in [6, 6.07) is 13.5. The first-order valence-electron chi connectivity index (χ1n) is 9.09. The lowest BCUT2D eigenvalue weighted by Crippen LogP contribution is -2.24. The van der Waals surface area contributed by atoms with Gasteiger partial charge in [0.05, 0.1) is 12.2 Å². The molecule has 0 radical (unpaired) electrons.